The number of aromatic nitrogens is 2. The maximum absolute atomic E-state index is 13.1. The van der Waals surface area contributed by atoms with Gasteiger partial charge < -0.3 is 15.0 Å². The number of ether oxygens (including phenoxy) is 1. The molecule has 1 aromatic rings. The molecule has 0 bridgehead atoms. The lowest BCUT2D eigenvalue weighted by atomic mass is 10.3. The average molecular weight is 269 g/mol. The molecular formula is C12H20FN5O. The fourth-order valence-corrected chi connectivity index (χ4v) is 1.98. The third-order valence-electron chi connectivity index (χ3n) is 3.21. The van der Waals surface area contributed by atoms with Gasteiger partial charge in [-0.3, -0.25) is 4.90 Å². The van der Waals surface area contributed by atoms with Crippen molar-refractivity contribution in [3.63, 3.8) is 0 Å². The van der Waals surface area contributed by atoms with E-state index in [0.29, 0.717) is 5.95 Å². The molecule has 0 unspecified atom stereocenters. The van der Waals surface area contributed by atoms with E-state index in [9.17, 15) is 4.39 Å². The molecule has 0 radical (unpaired) electrons. The van der Waals surface area contributed by atoms with E-state index in [1.54, 1.807) is 0 Å². The summed E-state index contributed by atoms with van der Waals surface area (Å²) in [5, 5.41) is 3.08. The molecule has 0 saturated carbocycles. The summed E-state index contributed by atoms with van der Waals surface area (Å²) >= 11 is 0. The molecule has 0 atom stereocenters. The second-order valence-electron chi connectivity index (χ2n) is 4.62. The van der Waals surface area contributed by atoms with Crippen LogP contribution in [0.1, 0.15) is 0 Å². The summed E-state index contributed by atoms with van der Waals surface area (Å²) in [5.41, 5.74) is 0. The fraction of sp³-hybridized carbons (Fsp3) is 0.667. The van der Waals surface area contributed by atoms with Gasteiger partial charge in [0.15, 0.2) is 0 Å². The van der Waals surface area contributed by atoms with Crippen molar-refractivity contribution in [1.82, 2.24) is 19.8 Å². The highest BCUT2D eigenvalue weighted by Gasteiger charge is 2.13. The van der Waals surface area contributed by atoms with Crippen molar-refractivity contribution in [2.75, 3.05) is 58.7 Å². The lowest BCUT2D eigenvalue weighted by Crippen LogP contribution is -2.45. The van der Waals surface area contributed by atoms with Crippen LogP contribution in [0.5, 0.6) is 5.88 Å². The Labute approximate surface area is 112 Å². The number of piperazine rings is 1. The number of anilines is 1. The van der Waals surface area contributed by atoms with Crippen LogP contribution in [-0.4, -0.2) is 73.2 Å². The lowest BCUT2D eigenvalue weighted by Gasteiger charge is -2.32. The van der Waals surface area contributed by atoms with E-state index in [2.05, 4.69) is 32.1 Å². The van der Waals surface area contributed by atoms with E-state index in [0.717, 1.165) is 45.5 Å². The molecule has 106 valence electrons. The Morgan fingerprint density at radius 3 is 2.79 bits per heavy atom. The minimum atomic E-state index is -0.549. The van der Waals surface area contributed by atoms with E-state index in [-0.39, 0.29) is 5.88 Å². The monoisotopic (exact) mass is 269 g/mol. The molecule has 1 aliphatic rings. The molecule has 2 heterocycles. The second kappa shape index (κ2) is 6.63. The highest BCUT2D eigenvalue weighted by Crippen LogP contribution is 2.13. The number of rotatable bonds is 5. The summed E-state index contributed by atoms with van der Waals surface area (Å²) < 4.78 is 17.9. The lowest BCUT2D eigenvalue weighted by molar-refractivity contribution is 0.158. The minimum Gasteiger partial charge on any atom is -0.479 e. The van der Waals surface area contributed by atoms with Crippen molar-refractivity contribution >= 4 is 5.95 Å². The first-order valence-electron chi connectivity index (χ1n) is 6.40. The van der Waals surface area contributed by atoms with Gasteiger partial charge >= 0.3 is 0 Å². The smallest absolute Gasteiger partial charge is 0.255 e. The summed E-state index contributed by atoms with van der Waals surface area (Å²) in [6.45, 7) is 6.01. The highest BCUT2D eigenvalue weighted by molar-refractivity contribution is 5.28. The van der Waals surface area contributed by atoms with E-state index in [1.807, 2.05) is 0 Å². The van der Waals surface area contributed by atoms with Crippen molar-refractivity contribution in [3.05, 3.63) is 12.0 Å². The molecule has 1 saturated heterocycles. The van der Waals surface area contributed by atoms with Gasteiger partial charge in [0.25, 0.3) is 5.88 Å². The van der Waals surface area contributed by atoms with Crippen LogP contribution < -0.4 is 10.1 Å². The molecular weight excluding hydrogens is 249 g/mol. The third kappa shape index (κ3) is 4.00. The van der Waals surface area contributed by atoms with Gasteiger partial charge in [-0.25, -0.2) is 4.98 Å². The molecule has 0 aromatic carbocycles. The maximum Gasteiger partial charge on any atom is 0.255 e. The van der Waals surface area contributed by atoms with Crippen LogP contribution in [-0.2, 0) is 0 Å². The third-order valence-corrected chi connectivity index (χ3v) is 3.21. The van der Waals surface area contributed by atoms with Gasteiger partial charge in [-0.05, 0) is 7.05 Å². The minimum absolute atomic E-state index is 0.0305. The Morgan fingerprint density at radius 2 is 2.11 bits per heavy atom. The summed E-state index contributed by atoms with van der Waals surface area (Å²) in [4.78, 5) is 12.5. The van der Waals surface area contributed by atoms with Gasteiger partial charge in [-0.1, -0.05) is 0 Å². The number of hydrogen-bond acceptors (Lipinski definition) is 6. The average Bonchev–Trinajstić information content (AvgIpc) is 2.43. The van der Waals surface area contributed by atoms with Gasteiger partial charge in [0.1, 0.15) is 0 Å². The molecule has 6 nitrogen and oxygen atoms in total. The van der Waals surface area contributed by atoms with Crippen molar-refractivity contribution in [2.24, 2.45) is 0 Å². The molecule has 1 aromatic heterocycles. The molecule has 1 N–H and O–H groups in total. The second-order valence-corrected chi connectivity index (χ2v) is 4.62. The summed E-state index contributed by atoms with van der Waals surface area (Å²) in [6.07, 6.45) is 1.12. The van der Waals surface area contributed by atoms with Crippen molar-refractivity contribution in [1.29, 1.82) is 0 Å². The van der Waals surface area contributed by atoms with E-state index >= 15 is 0 Å². The number of halogens is 1. The summed E-state index contributed by atoms with van der Waals surface area (Å²) in [7, 11) is 3.52. The number of nitrogens with zero attached hydrogens (tertiary/aromatic N) is 4. The van der Waals surface area contributed by atoms with E-state index < -0.39 is 5.82 Å². The van der Waals surface area contributed by atoms with Crippen LogP contribution in [0.4, 0.5) is 10.3 Å². The zero-order valence-electron chi connectivity index (χ0n) is 11.4. The van der Waals surface area contributed by atoms with Crippen LogP contribution in [0.25, 0.3) is 0 Å². The van der Waals surface area contributed by atoms with Gasteiger partial charge in [0.05, 0.1) is 13.3 Å². The van der Waals surface area contributed by atoms with Crippen LogP contribution in [0.15, 0.2) is 6.20 Å². The predicted octanol–water partition coefficient (Wildman–Crippen LogP) is 0.284. The molecule has 1 aliphatic heterocycles. The Morgan fingerprint density at radius 1 is 1.37 bits per heavy atom. The molecule has 2 rings (SSSR count). The zero-order chi connectivity index (χ0) is 13.7. The summed E-state index contributed by atoms with van der Waals surface area (Å²) in [6, 6.07) is 0. The molecule has 0 spiro atoms. The van der Waals surface area contributed by atoms with Gasteiger partial charge in [-0.2, -0.15) is 9.37 Å². The Balaban J connectivity index is 1.76. The largest absolute Gasteiger partial charge is 0.479 e. The first-order chi connectivity index (χ1) is 9.19. The first kappa shape index (κ1) is 14.0. The van der Waals surface area contributed by atoms with Gasteiger partial charge in [0.2, 0.25) is 11.8 Å². The van der Waals surface area contributed by atoms with Crippen LogP contribution in [0.2, 0.25) is 0 Å². The molecule has 0 aliphatic carbocycles. The van der Waals surface area contributed by atoms with Crippen molar-refractivity contribution in [2.45, 2.75) is 0 Å². The normalized spacial score (nSPS) is 17.4. The van der Waals surface area contributed by atoms with Crippen molar-refractivity contribution < 1.29 is 9.13 Å². The number of likely N-dealkylation sites (N-methyl/N-ethyl adjacent to an activating group) is 1. The molecule has 7 heteroatoms. The Kier molecular flexibility index (Phi) is 4.86. The molecule has 19 heavy (non-hydrogen) atoms. The van der Waals surface area contributed by atoms with E-state index in [1.165, 1.54) is 7.11 Å². The predicted molar refractivity (Wildman–Crippen MR) is 71.0 cm³/mol. The Hall–Kier alpha value is -1.47. The van der Waals surface area contributed by atoms with E-state index in [4.69, 9.17) is 4.74 Å². The topological polar surface area (TPSA) is 53.5 Å². The molecule has 1 fully saturated rings. The maximum atomic E-state index is 13.1. The SMILES string of the molecule is COc1nc(NCCN2CCN(C)CC2)ncc1F. The van der Waals surface area contributed by atoms with Gasteiger partial charge in [0, 0.05) is 39.3 Å². The quantitative estimate of drug-likeness (QED) is 0.829. The number of nitrogens with one attached hydrogen (secondary N) is 1. The highest BCUT2D eigenvalue weighted by atomic mass is 19.1. The zero-order valence-corrected chi connectivity index (χ0v) is 11.4. The fourth-order valence-electron chi connectivity index (χ4n) is 1.98. The van der Waals surface area contributed by atoms with Gasteiger partial charge in [-0.15, -0.1) is 0 Å². The van der Waals surface area contributed by atoms with Crippen LogP contribution in [0.3, 0.4) is 0 Å². The van der Waals surface area contributed by atoms with Crippen LogP contribution in [0, 0.1) is 5.82 Å². The number of hydrogen-bond donors (Lipinski definition) is 1. The van der Waals surface area contributed by atoms with Crippen molar-refractivity contribution in [3.8, 4) is 5.88 Å². The standard InChI is InChI=1S/C12H20FN5O/c1-17-5-7-18(8-6-17)4-3-14-12-15-9-10(13)11(16-12)19-2/h9H,3-8H2,1-2H3,(H,14,15,16). The number of methoxy groups -OCH3 is 1. The van der Waals surface area contributed by atoms with Crippen LogP contribution >= 0.6 is 0 Å². The summed E-state index contributed by atoms with van der Waals surface area (Å²) in [5.74, 6) is -0.184. The Bertz CT molecular complexity index is 409. The first-order valence-corrected chi connectivity index (χ1v) is 6.40. The molecule has 0 amide bonds.